The highest BCUT2D eigenvalue weighted by atomic mass is 31.2. The molecule has 0 fully saturated rings. The Labute approximate surface area is 218 Å². The van der Waals surface area contributed by atoms with Crippen LogP contribution in [0.3, 0.4) is 0 Å². The van der Waals surface area contributed by atoms with Crippen LogP contribution in [-0.4, -0.2) is 62.2 Å². The third-order valence-corrected chi connectivity index (χ3v) is 6.87. The number of amides is 3. The van der Waals surface area contributed by atoms with Crippen molar-refractivity contribution >= 4 is 31.8 Å². The number of alkyl carbamates (subject to hydrolysis) is 1. The maximum atomic E-state index is 12.8. The van der Waals surface area contributed by atoms with Crippen LogP contribution in [0.2, 0.25) is 0 Å². The molecule has 3 N–H and O–H groups in total. The van der Waals surface area contributed by atoms with Gasteiger partial charge in [-0.2, -0.15) is 0 Å². The Morgan fingerprint density at radius 2 is 1.68 bits per heavy atom. The molecule has 0 aliphatic heterocycles. The van der Waals surface area contributed by atoms with E-state index in [0.29, 0.717) is 12.7 Å². The fraction of sp³-hybridized carbons (Fsp3) is 0.520. The van der Waals surface area contributed by atoms with Crippen molar-refractivity contribution in [2.45, 2.75) is 52.8 Å². The Bertz CT molecular complexity index is 929. The molecule has 0 aromatic heterocycles. The zero-order valence-corrected chi connectivity index (χ0v) is 22.7. The summed E-state index contributed by atoms with van der Waals surface area (Å²) in [6, 6.07) is 7.22. The third kappa shape index (κ3) is 13.2. The van der Waals surface area contributed by atoms with Crippen molar-refractivity contribution in [1.82, 2.24) is 16.0 Å². The number of aldehydes is 1. The number of hydrogen-bond donors (Lipinski definition) is 3. The molecule has 37 heavy (non-hydrogen) atoms. The molecular formula is C25H38N3O8P. The highest BCUT2D eigenvalue weighted by Gasteiger charge is 2.27. The molecule has 1 aromatic rings. The van der Waals surface area contributed by atoms with E-state index in [0.717, 1.165) is 5.56 Å². The number of nitrogens with one attached hydrogen (secondary N) is 3. The van der Waals surface area contributed by atoms with Crippen LogP contribution in [0.15, 0.2) is 42.5 Å². The maximum absolute atomic E-state index is 12.8. The summed E-state index contributed by atoms with van der Waals surface area (Å²) in [7, 11) is -3.50. The average molecular weight is 540 g/mol. The number of carbonyl (C=O) groups is 4. The summed E-state index contributed by atoms with van der Waals surface area (Å²) in [5, 5.41) is 7.69. The number of rotatable bonds is 17. The molecule has 0 saturated carbocycles. The Balaban J connectivity index is 2.70. The zero-order chi connectivity index (χ0) is 27.7. The lowest BCUT2D eigenvalue weighted by molar-refractivity contribution is -0.125. The molecule has 1 aromatic carbocycles. The SMILES string of the molecule is CCOP(=O)(CC(=O)NCC/C=C/[C@H](NC(=O)OCc1ccccc1)C(=O)N[C@H](C=O)C(C)C)OCC. The lowest BCUT2D eigenvalue weighted by atomic mass is 10.1. The molecule has 0 saturated heterocycles. The van der Waals surface area contributed by atoms with Gasteiger partial charge in [-0.15, -0.1) is 0 Å². The molecule has 0 spiro atoms. The Kier molecular flexibility index (Phi) is 15.1. The van der Waals surface area contributed by atoms with E-state index in [4.69, 9.17) is 13.8 Å². The first-order chi connectivity index (χ1) is 17.6. The van der Waals surface area contributed by atoms with Gasteiger partial charge >= 0.3 is 13.7 Å². The first kappa shape index (κ1) is 32.0. The molecule has 0 radical (unpaired) electrons. The van der Waals surface area contributed by atoms with Gasteiger partial charge in [0.15, 0.2) is 0 Å². The summed E-state index contributed by atoms with van der Waals surface area (Å²) < 4.78 is 27.8. The van der Waals surface area contributed by atoms with Crippen molar-refractivity contribution in [1.29, 1.82) is 0 Å². The van der Waals surface area contributed by atoms with E-state index in [2.05, 4.69) is 16.0 Å². The van der Waals surface area contributed by atoms with Crippen LogP contribution in [0.4, 0.5) is 4.79 Å². The van der Waals surface area contributed by atoms with E-state index < -0.39 is 43.7 Å². The van der Waals surface area contributed by atoms with Crippen molar-refractivity contribution < 1.29 is 37.5 Å². The predicted octanol–water partition coefficient (Wildman–Crippen LogP) is 2.95. The lowest BCUT2D eigenvalue weighted by Gasteiger charge is -2.20. The van der Waals surface area contributed by atoms with Gasteiger partial charge in [-0.25, -0.2) is 4.79 Å². The number of hydrogen-bond acceptors (Lipinski definition) is 8. The number of ether oxygens (including phenoxy) is 1. The average Bonchev–Trinajstić information content (AvgIpc) is 2.85. The van der Waals surface area contributed by atoms with Crippen LogP contribution >= 0.6 is 7.60 Å². The summed E-state index contributed by atoms with van der Waals surface area (Å²) >= 11 is 0. The van der Waals surface area contributed by atoms with Gasteiger partial charge < -0.3 is 34.5 Å². The fourth-order valence-corrected chi connectivity index (χ4v) is 4.49. The molecule has 11 nitrogen and oxygen atoms in total. The summed E-state index contributed by atoms with van der Waals surface area (Å²) in [6.45, 7) is 7.39. The summed E-state index contributed by atoms with van der Waals surface area (Å²) in [5.74, 6) is -1.23. The Morgan fingerprint density at radius 1 is 1.03 bits per heavy atom. The molecule has 3 amide bonds. The topological polar surface area (TPSA) is 149 Å². The first-order valence-electron chi connectivity index (χ1n) is 12.2. The van der Waals surface area contributed by atoms with Crippen LogP contribution in [0.5, 0.6) is 0 Å². The van der Waals surface area contributed by atoms with Gasteiger partial charge in [-0.3, -0.25) is 14.2 Å². The number of benzene rings is 1. The van der Waals surface area contributed by atoms with Gasteiger partial charge in [0.2, 0.25) is 11.8 Å². The minimum Gasteiger partial charge on any atom is -0.445 e. The van der Waals surface area contributed by atoms with E-state index in [1.54, 1.807) is 45.9 Å². The highest BCUT2D eigenvalue weighted by molar-refractivity contribution is 7.54. The number of carbonyl (C=O) groups excluding carboxylic acids is 4. The van der Waals surface area contributed by atoms with E-state index >= 15 is 0 Å². The van der Waals surface area contributed by atoms with Gasteiger partial charge in [-0.05, 0) is 31.7 Å². The van der Waals surface area contributed by atoms with Gasteiger partial charge in [0, 0.05) is 6.54 Å². The molecule has 0 heterocycles. The monoisotopic (exact) mass is 539 g/mol. The van der Waals surface area contributed by atoms with E-state index in [1.165, 1.54) is 6.08 Å². The van der Waals surface area contributed by atoms with Crippen molar-refractivity contribution in [2.24, 2.45) is 5.92 Å². The van der Waals surface area contributed by atoms with Crippen molar-refractivity contribution in [2.75, 3.05) is 25.9 Å². The second kappa shape index (κ2) is 17.4. The van der Waals surface area contributed by atoms with Crippen LogP contribution in [-0.2, 0) is 39.3 Å². The molecular weight excluding hydrogens is 501 g/mol. The van der Waals surface area contributed by atoms with E-state index in [-0.39, 0.29) is 32.3 Å². The zero-order valence-electron chi connectivity index (χ0n) is 21.8. The standard InChI is InChI=1S/C25H38N3O8P/c1-5-35-37(33,36-6-2)18-23(30)26-15-11-10-14-21(24(31)27-22(16-29)19(3)4)28-25(32)34-17-20-12-8-7-9-13-20/h7-10,12-14,16,19,21-22H,5-6,11,15,17-18H2,1-4H3,(H,26,30)(H,27,31)(H,28,32)/b14-10+/t21-,22+/m0/s1. The van der Waals surface area contributed by atoms with Crippen LogP contribution in [0.1, 0.15) is 39.7 Å². The van der Waals surface area contributed by atoms with E-state index in [9.17, 15) is 23.7 Å². The van der Waals surface area contributed by atoms with E-state index in [1.807, 2.05) is 18.2 Å². The highest BCUT2D eigenvalue weighted by Crippen LogP contribution is 2.47. The normalized spacial score (nSPS) is 13.1. The molecule has 0 unspecified atom stereocenters. The quantitative estimate of drug-likeness (QED) is 0.118. The minimum atomic E-state index is -3.50. The summed E-state index contributed by atoms with van der Waals surface area (Å²) in [5.41, 5.74) is 0.781. The molecule has 206 valence electrons. The molecule has 1 rings (SSSR count). The molecule has 0 aliphatic rings. The predicted molar refractivity (Wildman–Crippen MR) is 139 cm³/mol. The largest absolute Gasteiger partial charge is 0.445 e. The summed E-state index contributed by atoms with van der Waals surface area (Å²) in [4.78, 5) is 48.5. The van der Waals surface area contributed by atoms with Crippen LogP contribution < -0.4 is 16.0 Å². The smallest absolute Gasteiger partial charge is 0.408 e. The van der Waals surface area contributed by atoms with Gasteiger partial charge in [0.25, 0.3) is 0 Å². The van der Waals surface area contributed by atoms with Crippen molar-refractivity contribution in [3.63, 3.8) is 0 Å². The Hall–Kier alpha value is -3.01. The first-order valence-corrected chi connectivity index (χ1v) is 13.9. The minimum absolute atomic E-state index is 0.0209. The second-order valence-corrected chi connectivity index (χ2v) is 10.3. The fourth-order valence-electron chi connectivity index (χ4n) is 2.99. The summed E-state index contributed by atoms with van der Waals surface area (Å²) in [6.07, 6.45) is 2.77. The van der Waals surface area contributed by atoms with Gasteiger partial charge in [0.05, 0.1) is 19.3 Å². The molecule has 2 atom stereocenters. The van der Waals surface area contributed by atoms with Crippen LogP contribution in [0.25, 0.3) is 0 Å². The van der Waals surface area contributed by atoms with Gasteiger partial charge in [0.1, 0.15) is 25.1 Å². The Morgan fingerprint density at radius 3 is 2.24 bits per heavy atom. The van der Waals surface area contributed by atoms with Crippen molar-refractivity contribution in [3.05, 3.63) is 48.0 Å². The van der Waals surface area contributed by atoms with Gasteiger partial charge in [-0.1, -0.05) is 56.3 Å². The van der Waals surface area contributed by atoms with Crippen LogP contribution in [0, 0.1) is 5.92 Å². The third-order valence-electron chi connectivity index (χ3n) is 4.89. The molecule has 12 heteroatoms. The van der Waals surface area contributed by atoms with Crippen molar-refractivity contribution in [3.8, 4) is 0 Å². The lowest BCUT2D eigenvalue weighted by Crippen LogP contribution is -2.50. The second-order valence-electron chi connectivity index (χ2n) is 8.27. The molecule has 0 aliphatic carbocycles. The molecule has 0 bridgehead atoms. The maximum Gasteiger partial charge on any atom is 0.408 e.